The van der Waals surface area contributed by atoms with Crippen molar-refractivity contribution in [1.29, 1.82) is 5.26 Å². The summed E-state index contributed by atoms with van der Waals surface area (Å²) in [6.45, 7) is 0.0988. The maximum Gasteiger partial charge on any atom is 0.335 e. The highest BCUT2D eigenvalue weighted by atomic mass is 19.1. The average Bonchev–Trinajstić information content (AvgIpc) is 2.72. The van der Waals surface area contributed by atoms with Crippen LogP contribution in [0.1, 0.15) is 27.0 Å². The van der Waals surface area contributed by atoms with Crippen molar-refractivity contribution in [2.24, 2.45) is 0 Å². The summed E-state index contributed by atoms with van der Waals surface area (Å²) in [6, 6.07) is 21.7. The lowest BCUT2D eigenvalue weighted by Gasteiger charge is -2.08. The molecule has 3 aromatic carbocycles. The minimum Gasteiger partial charge on any atom is -0.489 e. The van der Waals surface area contributed by atoms with Gasteiger partial charge in [-0.2, -0.15) is 5.26 Å². The number of benzene rings is 3. The number of rotatable bonds is 6. The predicted molar refractivity (Wildman–Crippen MR) is 104 cm³/mol. The van der Waals surface area contributed by atoms with Crippen molar-refractivity contribution in [2.45, 2.75) is 6.61 Å². The van der Waals surface area contributed by atoms with Crippen molar-refractivity contribution in [3.05, 3.63) is 101 Å². The van der Waals surface area contributed by atoms with Crippen LogP contribution in [-0.2, 0) is 6.61 Å². The molecule has 0 aliphatic rings. The Morgan fingerprint density at radius 2 is 1.75 bits per heavy atom. The van der Waals surface area contributed by atoms with Gasteiger partial charge in [-0.1, -0.05) is 42.5 Å². The zero-order valence-electron chi connectivity index (χ0n) is 14.8. The third kappa shape index (κ3) is 4.63. The van der Waals surface area contributed by atoms with Crippen molar-refractivity contribution >= 4 is 17.6 Å². The van der Waals surface area contributed by atoms with Crippen molar-refractivity contribution in [3.63, 3.8) is 0 Å². The highest BCUT2D eigenvalue weighted by molar-refractivity contribution is 5.92. The van der Waals surface area contributed by atoms with E-state index >= 15 is 0 Å². The summed E-state index contributed by atoms with van der Waals surface area (Å²) in [6.07, 6.45) is 1.69. The highest BCUT2D eigenvalue weighted by Gasteiger charge is 2.06. The molecule has 0 radical (unpaired) electrons. The number of hydrogen-bond acceptors (Lipinski definition) is 3. The van der Waals surface area contributed by atoms with Gasteiger partial charge in [0.2, 0.25) is 0 Å². The second kappa shape index (κ2) is 8.65. The van der Waals surface area contributed by atoms with Gasteiger partial charge in [0, 0.05) is 5.56 Å². The van der Waals surface area contributed by atoms with Crippen molar-refractivity contribution in [2.75, 3.05) is 0 Å². The van der Waals surface area contributed by atoms with E-state index in [0.717, 1.165) is 5.56 Å². The molecule has 0 fully saturated rings. The summed E-state index contributed by atoms with van der Waals surface area (Å²) in [5.74, 6) is -0.792. The van der Waals surface area contributed by atoms with Crippen LogP contribution in [0.2, 0.25) is 0 Å². The molecule has 1 N–H and O–H groups in total. The van der Waals surface area contributed by atoms with Crippen molar-refractivity contribution < 1.29 is 19.0 Å². The van der Waals surface area contributed by atoms with Gasteiger partial charge >= 0.3 is 5.97 Å². The molecule has 3 rings (SSSR count). The fraction of sp³-hybridized carbons (Fsp3) is 0.0435. The summed E-state index contributed by atoms with van der Waals surface area (Å²) >= 11 is 0. The normalized spacial score (nSPS) is 10.9. The van der Waals surface area contributed by atoms with Gasteiger partial charge in [-0.3, -0.25) is 0 Å². The lowest BCUT2D eigenvalue weighted by Crippen LogP contribution is -1.98. The molecule has 138 valence electrons. The first kappa shape index (κ1) is 18.9. The van der Waals surface area contributed by atoms with Crippen LogP contribution in [0.25, 0.3) is 11.6 Å². The lowest BCUT2D eigenvalue weighted by atomic mass is 10.0. The Labute approximate surface area is 161 Å². The molecule has 28 heavy (non-hydrogen) atoms. The number of carboxylic acid groups (broad SMARTS) is 1. The Balaban J connectivity index is 1.79. The lowest BCUT2D eigenvalue weighted by molar-refractivity contribution is 0.0697. The van der Waals surface area contributed by atoms with Gasteiger partial charge < -0.3 is 9.84 Å². The van der Waals surface area contributed by atoms with Crippen LogP contribution in [0.4, 0.5) is 4.39 Å². The van der Waals surface area contributed by atoms with Gasteiger partial charge in [0.05, 0.1) is 17.2 Å². The number of nitriles is 1. The second-order valence-corrected chi connectivity index (χ2v) is 6.00. The molecule has 3 aromatic rings. The number of nitrogens with zero attached hydrogens (tertiary/aromatic N) is 1. The first-order valence-corrected chi connectivity index (χ1v) is 8.48. The minimum atomic E-state index is -1.02. The quantitative estimate of drug-likeness (QED) is 0.478. The van der Waals surface area contributed by atoms with Gasteiger partial charge in [-0.05, 0) is 47.5 Å². The number of carbonyl (C=O) groups is 1. The van der Waals surface area contributed by atoms with Gasteiger partial charge in [-0.25, -0.2) is 9.18 Å². The van der Waals surface area contributed by atoms with E-state index in [1.807, 2.05) is 6.07 Å². The Bertz CT molecular complexity index is 1070. The Morgan fingerprint density at radius 1 is 1.04 bits per heavy atom. The van der Waals surface area contributed by atoms with Gasteiger partial charge in [-0.15, -0.1) is 0 Å². The van der Waals surface area contributed by atoms with E-state index < -0.39 is 5.97 Å². The van der Waals surface area contributed by atoms with E-state index in [1.165, 1.54) is 18.2 Å². The number of allylic oxidation sites excluding steroid dienone is 1. The zero-order valence-corrected chi connectivity index (χ0v) is 14.8. The maximum atomic E-state index is 13.7. The molecular formula is C23H16FNO3. The predicted octanol–water partition coefficient (Wildman–Crippen LogP) is 5.17. The molecule has 5 heteroatoms. The monoisotopic (exact) mass is 373 g/mol. The Hall–Kier alpha value is -3.91. The first-order valence-electron chi connectivity index (χ1n) is 8.48. The van der Waals surface area contributed by atoms with E-state index in [2.05, 4.69) is 6.07 Å². The molecule has 0 amide bonds. The van der Waals surface area contributed by atoms with Crippen LogP contribution < -0.4 is 4.74 Å². The SMILES string of the molecule is N#C/C(=C/c1cccc(OCc2ccccc2F)c1)c1ccc(C(=O)O)cc1. The standard InChI is InChI=1S/C23H16FNO3/c24-22-7-2-1-5-19(22)15-28-21-6-3-4-16(13-21)12-20(14-25)17-8-10-18(11-9-17)23(26)27/h1-13H,15H2,(H,26,27)/b20-12-. The van der Waals surface area contributed by atoms with Gasteiger partial charge in [0.15, 0.2) is 0 Å². The number of hydrogen-bond donors (Lipinski definition) is 1. The van der Waals surface area contributed by atoms with Crippen LogP contribution >= 0.6 is 0 Å². The molecule has 0 bridgehead atoms. The third-order valence-electron chi connectivity index (χ3n) is 4.08. The smallest absolute Gasteiger partial charge is 0.335 e. The molecule has 0 spiro atoms. The van der Waals surface area contributed by atoms with Crippen molar-refractivity contribution in [1.82, 2.24) is 0 Å². The molecule has 0 atom stereocenters. The summed E-state index contributed by atoms with van der Waals surface area (Å²) < 4.78 is 19.4. The second-order valence-electron chi connectivity index (χ2n) is 6.00. The fourth-order valence-electron chi connectivity index (χ4n) is 2.61. The molecule has 0 aliphatic carbocycles. The van der Waals surface area contributed by atoms with Crippen LogP contribution in [-0.4, -0.2) is 11.1 Å². The van der Waals surface area contributed by atoms with E-state index in [0.29, 0.717) is 22.4 Å². The molecule has 0 saturated carbocycles. The molecule has 0 aromatic heterocycles. The van der Waals surface area contributed by atoms with E-state index in [4.69, 9.17) is 9.84 Å². The molecule has 0 aliphatic heterocycles. The highest BCUT2D eigenvalue weighted by Crippen LogP contribution is 2.22. The number of halogens is 1. The fourth-order valence-corrected chi connectivity index (χ4v) is 2.61. The molecule has 0 heterocycles. The summed E-state index contributed by atoms with van der Waals surface area (Å²) in [5, 5.41) is 18.4. The van der Waals surface area contributed by atoms with Gasteiger partial charge in [0.25, 0.3) is 0 Å². The molecule has 0 unspecified atom stereocenters. The van der Waals surface area contributed by atoms with Crippen LogP contribution in [0.5, 0.6) is 5.75 Å². The first-order chi connectivity index (χ1) is 13.6. The van der Waals surface area contributed by atoms with Crippen LogP contribution in [0, 0.1) is 17.1 Å². The molecule has 4 nitrogen and oxygen atoms in total. The average molecular weight is 373 g/mol. The van der Waals surface area contributed by atoms with Gasteiger partial charge in [0.1, 0.15) is 18.2 Å². The zero-order chi connectivity index (χ0) is 19.9. The maximum absolute atomic E-state index is 13.7. The van der Waals surface area contributed by atoms with Crippen LogP contribution in [0.15, 0.2) is 72.8 Å². The Kier molecular flexibility index (Phi) is 5.83. The largest absolute Gasteiger partial charge is 0.489 e. The summed E-state index contributed by atoms with van der Waals surface area (Å²) in [5.41, 5.74) is 2.36. The molecule has 0 saturated heterocycles. The minimum absolute atomic E-state index is 0.0988. The number of ether oxygens (including phenoxy) is 1. The van der Waals surface area contributed by atoms with E-state index in [9.17, 15) is 14.4 Å². The number of carboxylic acids is 1. The van der Waals surface area contributed by atoms with Crippen LogP contribution in [0.3, 0.4) is 0 Å². The van der Waals surface area contributed by atoms with Crippen molar-refractivity contribution in [3.8, 4) is 11.8 Å². The summed E-state index contributed by atoms with van der Waals surface area (Å²) in [4.78, 5) is 10.9. The van der Waals surface area contributed by atoms with E-state index in [1.54, 1.807) is 54.6 Å². The Morgan fingerprint density at radius 3 is 2.43 bits per heavy atom. The number of aromatic carboxylic acids is 1. The topological polar surface area (TPSA) is 70.3 Å². The molecular weight excluding hydrogens is 357 g/mol. The van der Waals surface area contributed by atoms with E-state index in [-0.39, 0.29) is 18.0 Å². The third-order valence-corrected chi connectivity index (χ3v) is 4.08. The summed E-state index contributed by atoms with van der Waals surface area (Å²) in [7, 11) is 0.